The highest BCUT2D eigenvalue weighted by Crippen LogP contribution is 2.30. The van der Waals surface area contributed by atoms with Gasteiger partial charge in [-0.15, -0.1) is 18.8 Å². The summed E-state index contributed by atoms with van der Waals surface area (Å²) in [7, 11) is 1.62. The second-order valence-corrected chi connectivity index (χ2v) is 4.40. The van der Waals surface area contributed by atoms with Crippen molar-refractivity contribution in [2.24, 2.45) is 0 Å². The van der Waals surface area contributed by atoms with Gasteiger partial charge in [0.05, 0.1) is 7.11 Å². The van der Waals surface area contributed by atoms with Crippen molar-refractivity contribution in [3.8, 4) is 23.8 Å². The van der Waals surface area contributed by atoms with Crippen LogP contribution >= 0.6 is 12.4 Å². The number of ether oxygens (including phenoxy) is 2. The summed E-state index contributed by atoms with van der Waals surface area (Å²) in [5.74, 6) is 3.86. The largest absolute Gasteiger partial charge is 0.493 e. The van der Waals surface area contributed by atoms with E-state index in [9.17, 15) is 0 Å². The van der Waals surface area contributed by atoms with Gasteiger partial charge in [0.15, 0.2) is 11.5 Å². The lowest BCUT2D eigenvalue weighted by Crippen LogP contribution is -2.16. The third-order valence-corrected chi connectivity index (χ3v) is 2.91. The van der Waals surface area contributed by atoms with E-state index in [0.29, 0.717) is 18.0 Å². The smallest absolute Gasteiger partial charge is 0.167 e. The first-order valence-electron chi connectivity index (χ1n) is 6.87. The molecular formula is C16H24ClNO3. The highest BCUT2D eigenvalue weighted by Gasteiger charge is 2.09. The fourth-order valence-electron chi connectivity index (χ4n) is 1.90. The highest BCUT2D eigenvalue weighted by atomic mass is 35.5. The number of unbranched alkanes of at least 4 members (excludes halogenated alkanes) is 2. The van der Waals surface area contributed by atoms with Crippen LogP contribution in [0.25, 0.3) is 0 Å². The average molecular weight is 314 g/mol. The Morgan fingerprint density at radius 1 is 1.29 bits per heavy atom. The van der Waals surface area contributed by atoms with Crippen LogP contribution in [0.2, 0.25) is 0 Å². The van der Waals surface area contributed by atoms with E-state index in [4.69, 9.17) is 21.0 Å². The first-order chi connectivity index (χ1) is 9.83. The van der Waals surface area contributed by atoms with E-state index in [-0.39, 0.29) is 25.6 Å². The standard InChI is InChI=1S/C16H23NO3.ClH/c1-3-12-20-16-14(8-7-9-15(16)19-2)13-17-10-5-4-6-11-18;/h1,7-9,17-18H,4-6,10-13H2,2H3;1H. The molecule has 4 nitrogen and oxygen atoms in total. The number of methoxy groups -OCH3 is 1. The molecular weight excluding hydrogens is 290 g/mol. The van der Waals surface area contributed by atoms with Crippen molar-refractivity contribution in [1.29, 1.82) is 0 Å². The minimum atomic E-state index is 0. The molecule has 2 N–H and O–H groups in total. The zero-order valence-electron chi connectivity index (χ0n) is 12.4. The Hall–Kier alpha value is -1.41. The zero-order valence-corrected chi connectivity index (χ0v) is 13.2. The van der Waals surface area contributed by atoms with Crippen molar-refractivity contribution in [3.05, 3.63) is 23.8 Å². The summed E-state index contributed by atoms with van der Waals surface area (Å²) in [6.45, 7) is 2.10. The van der Waals surface area contributed by atoms with E-state index in [2.05, 4.69) is 11.2 Å². The van der Waals surface area contributed by atoms with Crippen molar-refractivity contribution in [3.63, 3.8) is 0 Å². The van der Waals surface area contributed by atoms with Crippen LogP contribution in [0.3, 0.4) is 0 Å². The Bertz CT molecular complexity index is 432. The first kappa shape index (κ1) is 19.6. The molecule has 0 saturated carbocycles. The third-order valence-electron chi connectivity index (χ3n) is 2.91. The molecule has 0 radical (unpaired) electrons. The molecule has 21 heavy (non-hydrogen) atoms. The van der Waals surface area contributed by atoms with Crippen LogP contribution in [0.5, 0.6) is 11.5 Å². The Morgan fingerprint density at radius 3 is 2.76 bits per heavy atom. The fraction of sp³-hybridized carbons (Fsp3) is 0.500. The molecule has 1 rings (SSSR count). The van der Waals surface area contributed by atoms with Crippen LogP contribution in [0.1, 0.15) is 24.8 Å². The number of halogens is 1. The lowest BCUT2D eigenvalue weighted by molar-refractivity contribution is 0.282. The second-order valence-electron chi connectivity index (χ2n) is 4.40. The predicted octanol–water partition coefficient (Wildman–Crippen LogP) is 2.38. The molecule has 0 aliphatic rings. The van der Waals surface area contributed by atoms with E-state index in [0.717, 1.165) is 31.4 Å². The molecule has 0 aromatic heterocycles. The number of aliphatic hydroxyl groups is 1. The monoisotopic (exact) mass is 313 g/mol. The van der Waals surface area contributed by atoms with Gasteiger partial charge in [-0.25, -0.2) is 0 Å². The average Bonchev–Trinajstić information content (AvgIpc) is 2.49. The summed E-state index contributed by atoms with van der Waals surface area (Å²) in [6.07, 6.45) is 8.17. The quantitative estimate of drug-likeness (QED) is 0.514. The van der Waals surface area contributed by atoms with E-state index in [1.165, 1.54) is 0 Å². The number of terminal acetylenes is 1. The molecule has 0 aliphatic carbocycles. The molecule has 0 amide bonds. The minimum Gasteiger partial charge on any atom is -0.493 e. The van der Waals surface area contributed by atoms with Crippen molar-refractivity contribution >= 4 is 12.4 Å². The maximum atomic E-state index is 8.71. The molecule has 1 aromatic rings. The van der Waals surface area contributed by atoms with Crippen molar-refractivity contribution in [1.82, 2.24) is 5.32 Å². The van der Waals surface area contributed by atoms with Gasteiger partial charge in [0, 0.05) is 18.7 Å². The number of aliphatic hydroxyl groups excluding tert-OH is 1. The SMILES string of the molecule is C#CCOc1c(CNCCCCCO)cccc1OC.Cl. The molecule has 0 bridgehead atoms. The van der Waals surface area contributed by atoms with Crippen LogP contribution in [-0.4, -0.2) is 32.0 Å². The lowest BCUT2D eigenvalue weighted by atomic mass is 10.1. The molecule has 0 atom stereocenters. The summed E-state index contributed by atoms with van der Waals surface area (Å²) in [6, 6.07) is 5.79. The Kier molecular flexibility index (Phi) is 11.5. The van der Waals surface area contributed by atoms with Gasteiger partial charge in [0.2, 0.25) is 0 Å². The number of nitrogens with one attached hydrogen (secondary N) is 1. The van der Waals surface area contributed by atoms with Crippen LogP contribution in [0, 0.1) is 12.3 Å². The molecule has 0 unspecified atom stereocenters. The van der Waals surface area contributed by atoms with E-state index >= 15 is 0 Å². The van der Waals surface area contributed by atoms with E-state index < -0.39 is 0 Å². The number of benzene rings is 1. The predicted molar refractivity (Wildman–Crippen MR) is 87.2 cm³/mol. The van der Waals surface area contributed by atoms with Gasteiger partial charge in [-0.2, -0.15) is 0 Å². The van der Waals surface area contributed by atoms with Gasteiger partial charge < -0.3 is 19.9 Å². The topological polar surface area (TPSA) is 50.7 Å². The van der Waals surface area contributed by atoms with Gasteiger partial charge in [-0.1, -0.05) is 18.1 Å². The van der Waals surface area contributed by atoms with E-state index in [1.807, 2.05) is 18.2 Å². The number of rotatable bonds is 10. The summed E-state index contributed by atoms with van der Waals surface area (Å²) >= 11 is 0. The highest BCUT2D eigenvalue weighted by molar-refractivity contribution is 5.85. The van der Waals surface area contributed by atoms with Gasteiger partial charge in [-0.3, -0.25) is 0 Å². The second kappa shape index (κ2) is 12.3. The van der Waals surface area contributed by atoms with Crippen molar-refractivity contribution in [2.75, 3.05) is 26.9 Å². The van der Waals surface area contributed by atoms with Gasteiger partial charge in [0.1, 0.15) is 6.61 Å². The molecule has 5 heteroatoms. The van der Waals surface area contributed by atoms with Crippen LogP contribution in [-0.2, 0) is 6.54 Å². The molecule has 0 fully saturated rings. The normalized spacial score (nSPS) is 9.57. The Balaban J connectivity index is 0.00000400. The number of para-hydroxylation sites is 1. The van der Waals surface area contributed by atoms with Gasteiger partial charge in [-0.05, 0) is 31.9 Å². The summed E-state index contributed by atoms with van der Waals surface area (Å²) in [5.41, 5.74) is 1.03. The van der Waals surface area contributed by atoms with Crippen molar-refractivity contribution < 1.29 is 14.6 Å². The zero-order chi connectivity index (χ0) is 14.6. The first-order valence-corrected chi connectivity index (χ1v) is 6.87. The summed E-state index contributed by atoms with van der Waals surface area (Å²) in [4.78, 5) is 0. The van der Waals surface area contributed by atoms with E-state index in [1.54, 1.807) is 7.11 Å². The summed E-state index contributed by atoms with van der Waals surface area (Å²) in [5, 5.41) is 12.1. The van der Waals surface area contributed by atoms with Gasteiger partial charge in [0.25, 0.3) is 0 Å². The fourth-order valence-corrected chi connectivity index (χ4v) is 1.90. The Morgan fingerprint density at radius 2 is 2.10 bits per heavy atom. The molecule has 0 heterocycles. The maximum Gasteiger partial charge on any atom is 0.167 e. The third kappa shape index (κ3) is 7.24. The van der Waals surface area contributed by atoms with Crippen LogP contribution in [0.4, 0.5) is 0 Å². The van der Waals surface area contributed by atoms with Gasteiger partial charge >= 0.3 is 0 Å². The molecule has 118 valence electrons. The van der Waals surface area contributed by atoms with Crippen LogP contribution < -0.4 is 14.8 Å². The van der Waals surface area contributed by atoms with Crippen LogP contribution in [0.15, 0.2) is 18.2 Å². The lowest BCUT2D eigenvalue weighted by Gasteiger charge is -2.14. The minimum absolute atomic E-state index is 0. The molecule has 0 spiro atoms. The molecule has 1 aromatic carbocycles. The molecule has 0 saturated heterocycles. The maximum absolute atomic E-state index is 8.71. The summed E-state index contributed by atoms with van der Waals surface area (Å²) < 4.78 is 10.9. The Labute approximate surface area is 133 Å². The molecule has 0 aliphatic heterocycles. The number of hydrogen-bond acceptors (Lipinski definition) is 4. The number of hydrogen-bond donors (Lipinski definition) is 2. The van der Waals surface area contributed by atoms with Crippen molar-refractivity contribution in [2.45, 2.75) is 25.8 Å².